The van der Waals surface area contributed by atoms with Crippen molar-refractivity contribution >= 4 is 5.91 Å². The Morgan fingerprint density at radius 1 is 1.22 bits per heavy atom. The van der Waals surface area contributed by atoms with E-state index >= 15 is 0 Å². The predicted octanol–water partition coefficient (Wildman–Crippen LogP) is 1.40. The van der Waals surface area contributed by atoms with Crippen LogP contribution in [-0.2, 0) is 0 Å². The molecule has 1 aromatic heterocycles. The third-order valence-corrected chi connectivity index (χ3v) is 4.36. The third-order valence-electron chi connectivity index (χ3n) is 4.36. The van der Waals surface area contributed by atoms with Gasteiger partial charge < -0.3 is 15.5 Å². The van der Waals surface area contributed by atoms with E-state index in [9.17, 15) is 15.0 Å². The number of pyridine rings is 1. The van der Waals surface area contributed by atoms with Gasteiger partial charge in [-0.2, -0.15) is 0 Å². The van der Waals surface area contributed by atoms with E-state index in [2.05, 4.69) is 10.3 Å². The Kier molecular flexibility index (Phi) is 4.41. The topological polar surface area (TPSA) is 82.5 Å². The zero-order valence-corrected chi connectivity index (χ0v) is 12.9. The van der Waals surface area contributed by atoms with Crippen LogP contribution in [0, 0.1) is 6.92 Å². The second-order valence-corrected chi connectivity index (χ2v) is 6.03. The van der Waals surface area contributed by atoms with Crippen LogP contribution < -0.4 is 5.32 Å². The first-order valence-electron chi connectivity index (χ1n) is 7.71. The Morgan fingerprint density at radius 3 is 2.74 bits per heavy atom. The molecule has 0 spiro atoms. The Morgan fingerprint density at radius 2 is 2.04 bits per heavy atom. The van der Waals surface area contributed by atoms with Crippen LogP contribution in [-0.4, -0.2) is 39.4 Å². The molecule has 0 bridgehead atoms. The molecule has 3 N–H and O–H groups in total. The second kappa shape index (κ2) is 6.48. The average molecular weight is 312 g/mol. The van der Waals surface area contributed by atoms with E-state index in [0.717, 1.165) is 11.1 Å². The molecule has 1 heterocycles. The molecule has 3 rings (SSSR count). The first-order chi connectivity index (χ1) is 11.1. The van der Waals surface area contributed by atoms with Crippen LogP contribution in [0.25, 0.3) is 0 Å². The zero-order chi connectivity index (χ0) is 16.4. The number of carbonyl (C=O) groups is 1. The number of nitrogens with zero attached hydrogens (tertiary/aromatic N) is 1. The number of nitrogens with one attached hydrogen (secondary N) is 1. The van der Waals surface area contributed by atoms with Gasteiger partial charge in [0.2, 0.25) is 0 Å². The van der Waals surface area contributed by atoms with Crippen LogP contribution >= 0.6 is 0 Å². The Hall–Kier alpha value is -2.24. The Balaban J connectivity index is 1.84. The van der Waals surface area contributed by atoms with E-state index in [-0.39, 0.29) is 11.8 Å². The van der Waals surface area contributed by atoms with E-state index in [0.29, 0.717) is 12.1 Å². The third kappa shape index (κ3) is 3.25. The first kappa shape index (κ1) is 15.6. The summed E-state index contributed by atoms with van der Waals surface area (Å²) in [5, 5.41) is 23.1. The molecule has 0 radical (unpaired) electrons. The summed E-state index contributed by atoms with van der Waals surface area (Å²) in [5.74, 6) is -0.478. The van der Waals surface area contributed by atoms with Gasteiger partial charge in [-0.25, -0.2) is 0 Å². The van der Waals surface area contributed by atoms with Crippen LogP contribution in [0.4, 0.5) is 0 Å². The van der Waals surface area contributed by atoms with Crippen molar-refractivity contribution in [2.75, 3.05) is 0 Å². The van der Waals surface area contributed by atoms with Gasteiger partial charge in [-0.05, 0) is 31.0 Å². The summed E-state index contributed by atoms with van der Waals surface area (Å²) in [6.07, 6.45) is 0.118. The monoisotopic (exact) mass is 312 g/mol. The van der Waals surface area contributed by atoms with Gasteiger partial charge in [0.05, 0.1) is 12.1 Å². The largest absolute Gasteiger partial charge is 0.390 e. The molecule has 0 saturated heterocycles. The maximum Gasteiger partial charge on any atom is 0.270 e. The number of amides is 1. The molecule has 1 aliphatic rings. The standard InChI is InChI=1S/C18H20N2O3/c1-11-5-4-6-12(9-11)13-10-15(21)17(22)16(13)20-18(23)14-7-2-3-8-19-14/h2-9,13,15-17,21-22H,10H2,1H3,(H,20,23). The summed E-state index contributed by atoms with van der Waals surface area (Å²) in [6, 6.07) is 12.5. The van der Waals surface area contributed by atoms with Gasteiger partial charge in [0.25, 0.3) is 5.91 Å². The van der Waals surface area contributed by atoms with Gasteiger partial charge in [0, 0.05) is 12.1 Å². The van der Waals surface area contributed by atoms with Gasteiger partial charge >= 0.3 is 0 Å². The highest BCUT2D eigenvalue weighted by Crippen LogP contribution is 2.35. The Bertz CT molecular complexity index is 690. The summed E-state index contributed by atoms with van der Waals surface area (Å²) in [6.45, 7) is 1.99. The number of aromatic nitrogens is 1. The van der Waals surface area contributed by atoms with E-state index in [1.807, 2.05) is 31.2 Å². The second-order valence-electron chi connectivity index (χ2n) is 6.03. The first-order valence-corrected chi connectivity index (χ1v) is 7.71. The molecule has 1 fully saturated rings. The summed E-state index contributed by atoms with van der Waals surface area (Å²) in [4.78, 5) is 16.4. The van der Waals surface area contributed by atoms with Crippen molar-refractivity contribution in [2.45, 2.75) is 37.5 Å². The normalized spacial score (nSPS) is 26.9. The summed E-state index contributed by atoms with van der Waals surface area (Å²) < 4.78 is 0. The minimum atomic E-state index is -0.992. The lowest BCUT2D eigenvalue weighted by Gasteiger charge is -2.24. The summed E-state index contributed by atoms with van der Waals surface area (Å²) in [5.41, 5.74) is 2.41. The van der Waals surface area contributed by atoms with Crippen LogP contribution in [0.15, 0.2) is 48.7 Å². The van der Waals surface area contributed by atoms with E-state index in [1.54, 1.807) is 24.4 Å². The average Bonchev–Trinajstić information content (AvgIpc) is 2.84. The molecule has 5 heteroatoms. The maximum atomic E-state index is 12.3. The number of carbonyl (C=O) groups excluding carboxylic acids is 1. The molecule has 5 nitrogen and oxygen atoms in total. The molecule has 1 amide bonds. The van der Waals surface area contributed by atoms with Crippen LogP contribution in [0.1, 0.15) is 34.0 Å². The summed E-state index contributed by atoms with van der Waals surface area (Å²) >= 11 is 0. The predicted molar refractivity (Wildman–Crippen MR) is 86.0 cm³/mol. The molecular formula is C18H20N2O3. The molecule has 4 atom stereocenters. The molecule has 1 saturated carbocycles. The van der Waals surface area contributed by atoms with Crippen LogP contribution in [0.2, 0.25) is 0 Å². The number of rotatable bonds is 3. The number of aliphatic hydroxyl groups excluding tert-OH is 2. The highest BCUT2D eigenvalue weighted by molar-refractivity contribution is 5.92. The lowest BCUT2D eigenvalue weighted by atomic mass is 9.92. The minimum Gasteiger partial charge on any atom is -0.390 e. The lowest BCUT2D eigenvalue weighted by molar-refractivity contribution is 0.0294. The van der Waals surface area contributed by atoms with Gasteiger partial charge in [-0.15, -0.1) is 0 Å². The molecule has 1 aromatic carbocycles. The van der Waals surface area contributed by atoms with Crippen LogP contribution in [0.5, 0.6) is 0 Å². The molecule has 2 aromatic rings. The van der Waals surface area contributed by atoms with E-state index in [1.165, 1.54) is 0 Å². The van der Waals surface area contributed by atoms with Crippen LogP contribution in [0.3, 0.4) is 0 Å². The molecule has 1 aliphatic carbocycles. The highest BCUT2D eigenvalue weighted by atomic mass is 16.3. The van der Waals surface area contributed by atoms with Crippen molar-refractivity contribution in [1.82, 2.24) is 10.3 Å². The minimum absolute atomic E-state index is 0.132. The van der Waals surface area contributed by atoms with Crippen molar-refractivity contribution in [1.29, 1.82) is 0 Å². The zero-order valence-electron chi connectivity index (χ0n) is 12.9. The fourth-order valence-corrected chi connectivity index (χ4v) is 3.18. The van der Waals surface area contributed by atoms with E-state index in [4.69, 9.17) is 0 Å². The van der Waals surface area contributed by atoms with Crippen molar-refractivity contribution in [3.63, 3.8) is 0 Å². The fourth-order valence-electron chi connectivity index (χ4n) is 3.18. The van der Waals surface area contributed by atoms with Gasteiger partial charge in [-0.3, -0.25) is 9.78 Å². The molecule has 120 valence electrons. The Labute approximate surface area is 135 Å². The van der Waals surface area contributed by atoms with Crippen molar-refractivity contribution in [3.8, 4) is 0 Å². The number of aryl methyl sites for hydroxylation is 1. The van der Waals surface area contributed by atoms with Gasteiger partial charge in [0.1, 0.15) is 11.8 Å². The number of aliphatic hydroxyl groups is 2. The maximum absolute atomic E-state index is 12.3. The van der Waals surface area contributed by atoms with Crippen molar-refractivity contribution in [2.24, 2.45) is 0 Å². The lowest BCUT2D eigenvalue weighted by Crippen LogP contribution is -2.45. The van der Waals surface area contributed by atoms with E-state index < -0.39 is 18.2 Å². The van der Waals surface area contributed by atoms with Gasteiger partial charge in [0.15, 0.2) is 0 Å². The fraction of sp³-hybridized carbons (Fsp3) is 0.333. The molecule has 0 aliphatic heterocycles. The van der Waals surface area contributed by atoms with Gasteiger partial charge in [-0.1, -0.05) is 35.9 Å². The summed E-state index contributed by atoms with van der Waals surface area (Å²) in [7, 11) is 0. The SMILES string of the molecule is Cc1cccc(C2CC(O)C(O)C2NC(=O)c2ccccn2)c1. The number of hydrogen-bond acceptors (Lipinski definition) is 4. The molecule has 23 heavy (non-hydrogen) atoms. The quantitative estimate of drug-likeness (QED) is 0.800. The highest BCUT2D eigenvalue weighted by Gasteiger charge is 2.43. The van der Waals surface area contributed by atoms with Crippen molar-refractivity contribution < 1.29 is 15.0 Å². The number of benzene rings is 1. The molecular weight excluding hydrogens is 292 g/mol. The smallest absolute Gasteiger partial charge is 0.270 e. The molecule has 4 unspecified atom stereocenters. The van der Waals surface area contributed by atoms with Crippen molar-refractivity contribution in [3.05, 3.63) is 65.5 Å². The number of hydrogen-bond donors (Lipinski definition) is 3.